The van der Waals surface area contributed by atoms with Crippen molar-refractivity contribution in [3.63, 3.8) is 0 Å². The maximum Gasteiger partial charge on any atom is 0.251 e. The van der Waals surface area contributed by atoms with Crippen LogP contribution in [0.1, 0.15) is 53.6 Å². The molecule has 0 fully saturated rings. The monoisotopic (exact) mass is 398 g/mol. The highest BCUT2D eigenvalue weighted by atomic mass is 32.1. The molecule has 148 valence electrons. The fraction of sp³-hybridized carbons (Fsp3) is 0.364. The van der Waals surface area contributed by atoms with Crippen LogP contribution in [0.4, 0.5) is 5.00 Å². The second-order valence-corrected chi connectivity index (χ2v) is 8.59. The molecule has 0 saturated carbocycles. The topological polar surface area (TPSA) is 81.4 Å². The number of hydrogen-bond acceptors (Lipinski definition) is 4. The van der Waals surface area contributed by atoms with Crippen LogP contribution in [0.15, 0.2) is 30.3 Å². The molecule has 1 aromatic heterocycles. The first kappa shape index (κ1) is 20.1. The Hall–Kier alpha value is -2.60. The van der Waals surface area contributed by atoms with Crippen LogP contribution in [0, 0.1) is 5.92 Å². The van der Waals surface area contributed by atoms with Crippen LogP contribution in [-0.2, 0) is 17.6 Å². The predicted octanol–water partition coefficient (Wildman–Crippen LogP) is 4.41. The largest absolute Gasteiger partial charge is 0.491 e. The fourth-order valence-corrected chi connectivity index (χ4v) is 4.81. The van der Waals surface area contributed by atoms with E-state index in [1.54, 1.807) is 6.08 Å². The third-order valence-electron chi connectivity index (χ3n) is 4.65. The van der Waals surface area contributed by atoms with Crippen LogP contribution in [0.25, 0.3) is 6.08 Å². The summed E-state index contributed by atoms with van der Waals surface area (Å²) in [4.78, 5) is 25.6. The molecule has 1 atom stereocenters. The van der Waals surface area contributed by atoms with Gasteiger partial charge in [-0.1, -0.05) is 19.1 Å². The Labute approximate surface area is 169 Å². The molecule has 1 aromatic carbocycles. The molecule has 1 aliphatic rings. The first-order valence-corrected chi connectivity index (χ1v) is 10.3. The van der Waals surface area contributed by atoms with Gasteiger partial charge in [-0.25, -0.2) is 0 Å². The van der Waals surface area contributed by atoms with Gasteiger partial charge in [-0.2, -0.15) is 0 Å². The quantitative estimate of drug-likeness (QED) is 0.707. The molecule has 6 heteroatoms. The number of thiophene rings is 1. The van der Waals surface area contributed by atoms with Gasteiger partial charge in [0.15, 0.2) is 0 Å². The lowest BCUT2D eigenvalue weighted by molar-refractivity contribution is -0.111. The number of amides is 2. The van der Waals surface area contributed by atoms with E-state index in [9.17, 15) is 9.59 Å². The molecular weight excluding hydrogens is 372 g/mol. The average Bonchev–Trinajstić information content (AvgIpc) is 2.96. The van der Waals surface area contributed by atoms with Gasteiger partial charge in [0.1, 0.15) is 10.8 Å². The Morgan fingerprint density at radius 1 is 1.36 bits per heavy atom. The molecule has 5 nitrogen and oxygen atoms in total. The number of nitrogens with one attached hydrogen (secondary N) is 1. The Morgan fingerprint density at radius 2 is 2.14 bits per heavy atom. The maximum atomic E-state index is 12.4. The van der Waals surface area contributed by atoms with Crippen LogP contribution in [-0.4, -0.2) is 17.9 Å². The molecular formula is C22H26N2O3S. The normalized spacial score (nSPS) is 16.2. The van der Waals surface area contributed by atoms with Crippen LogP contribution in [0.5, 0.6) is 5.75 Å². The molecule has 0 bridgehead atoms. The van der Waals surface area contributed by atoms with Crippen molar-refractivity contribution >= 4 is 34.2 Å². The second kappa shape index (κ2) is 8.61. The number of nitrogens with two attached hydrogens (primary N) is 1. The van der Waals surface area contributed by atoms with Crippen molar-refractivity contribution in [1.29, 1.82) is 0 Å². The van der Waals surface area contributed by atoms with Gasteiger partial charge in [0, 0.05) is 11.0 Å². The van der Waals surface area contributed by atoms with Crippen LogP contribution < -0.4 is 15.8 Å². The van der Waals surface area contributed by atoms with Crippen molar-refractivity contribution in [3.05, 3.63) is 51.9 Å². The van der Waals surface area contributed by atoms with Crippen molar-refractivity contribution in [2.24, 2.45) is 11.7 Å². The Kier molecular flexibility index (Phi) is 6.19. The summed E-state index contributed by atoms with van der Waals surface area (Å²) in [6.07, 6.45) is 6.06. The molecule has 1 aliphatic carbocycles. The van der Waals surface area contributed by atoms with Crippen molar-refractivity contribution in [3.8, 4) is 5.75 Å². The van der Waals surface area contributed by atoms with E-state index >= 15 is 0 Å². The number of primary amides is 1. The summed E-state index contributed by atoms with van der Waals surface area (Å²) in [5.74, 6) is 0.568. The minimum atomic E-state index is -0.482. The molecule has 1 heterocycles. The Bertz CT molecular complexity index is 915. The summed E-state index contributed by atoms with van der Waals surface area (Å²) < 4.78 is 5.67. The summed E-state index contributed by atoms with van der Waals surface area (Å²) in [5, 5.41) is 3.40. The van der Waals surface area contributed by atoms with Crippen LogP contribution in [0.2, 0.25) is 0 Å². The second-order valence-electron chi connectivity index (χ2n) is 7.48. The molecule has 1 unspecified atom stereocenters. The van der Waals surface area contributed by atoms with Crippen LogP contribution in [0.3, 0.4) is 0 Å². The smallest absolute Gasteiger partial charge is 0.251 e. The minimum absolute atomic E-state index is 0.0855. The zero-order chi connectivity index (χ0) is 20.3. The lowest BCUT2D eigenvalue weighted by Crippen LogP contribution is -2.18. The van der Waals surface area contributed by atoms with Gasteiger partial charge in [0.2, 0.25) is 5.91 Å². The van der Waals surface area contributed by atoms with E-state index in [1.807, 2.05) is 38.1 Å². The van der Waals surface area contributed by atoms with Gasteiger partial charge in [-0.15, -0.1) is 11.3 Å². The molecule has 28 heavy (non-hydrogen) atoms. The van der Waals surface area contributed by atoms with E-state index < -0.39 is 5.91 Å². The Balaban J connectivity index is 1.75. The maximum absolute atomic E-state index is 12.4. The van der Waals surface area contributed by atoms with Gasteiger partial charge >= 0.3 is 0 Å². The number of anilines is 1. The third kappa shape index (κ3) is 4.81. The number of fused-ring (bicyclic) bond motifs is 1. The average molecular weight is 399 g/mol. The number of carbonyl (C=O) groups is 2. The summed E-state index contributed by atoms with van der Waals surface area (Å²) in [6, 6.07) is 7.55. The standard InChI is InChI=1S/C22H26N2O3S/c1-13(2)27-16-6-4-5-15(12-16)8-10-19(25)24-22-20(21(23)26)17-9-7-14(3)11-18(17)28-22/h4-6,8,10,12-14H,7,9,11H2,1-3H3,(H2,23,26)(H,24,25)/b10-8+. The van der Waals surface area contributed by atoms with E-state index in [4.69, 9.17) is 10.5 Å². The van der Waals surface area contributed by atoms with Gasteiger partial charge < -0.3 is 15.8 Å². The molecule has 3 N–H and O–H groups in total. The molecule has 2 aromatic rings. The van der Waals surface area contributed by atoms with Crippen molar-refractivity contribution in [2.75, 3.05) is 5.32 Å². The summed E-state index contributed by atoms with van der Waals surface area (Å²) in [5.41, 5.74) is 7.94. The van der Waals surface area contributed by atoms with Gasteiger partial charge in [-0.05, 0) is 68.4 Å². The van der Waals surface area contributed by atoms with Crippen molar-refractivity contribution in [1.82, 2.24) is 0 Å². The summed E-state index contributed by atoms with van der Waals surface area (Å²) in [7, 11) is 0. The van der Waals surface area contributed by atoms with E-state index in [0.717, 1.165) is 41.0 Å². The lowest BCUT2D eigenvalue weighted by Gasteiger charge is -2.18. The molecule has 3 rings (SSSR count). The SMILES string of the molecule is CC1CCc2c(sc(NC(=O)/C=C/c3cccc(OC(C)C)c3)c2C(N)=O)C1. The number of hydrogen-bond donors (Lipinski definition) is 2. The lowest BCUT2D eigenvalue weighted by atomic mass is 9.88. The van der Waals surface area contributed by atoms with E-state index in [0.29, 0.717) is 16.5 Å². The highest BCUT2D eigenvalue weighted by Gasteiger charge is 2.26. The van der Waals surface area contributed by atoms with Crippen molar-refractivity contribution < 1.29 is 14.3 Å². The fourth-order valence-electron chi connectivity index (χ4n) is 3.39. The molecule has 0 aliphatic heterocycles. The predicted molar refractivity (Wildman–Crippen MR) is 114 cm³/mol. The number of benzene rings is 1. The van der Waals surface area contributed by atoms with E-state index in [-0.39, 0.29) is 12.0 Å². The van der Waals surface area contributed by atoms with Gasteiger partial charge in [0.05, 0.1) is 11.7 Å². The number of ether oxygens (including phenoxy) is 1. The Morgan fingerprint density at radius 3 is 2.86 bits per heavy atom. The summed E-state index contributed by atoms with van der Waals surface area (Å²) >= 11 is 1.47. The minimum Gasteiger partial charge on any atom is -0.491 e. The first-order valence-electron chi connectivity index (χ1n) is 9.53. The number of carbonyl (C=O) groups excluding carboxylic acids is 2. The highest BCUT2D eigenvalue weighted by Crippen LogP contribution is 2.39. The zero-order valence-electron chi connectivity index (χ0n) is 16.5. The van der Waals surface area contributed by atoms with Gasteiger partial charge in [0.25, 0.3) is 5.91 Å². The number of rotatable bonds is 6. The van der Waals surface area contributed by atoms with Gasteiger partial charge in [-0.3, -0.25) is 9.59 Å². The van der Waals surface area contributed by atoms with Crippen molar-refractivity contribution in [2.45, 2.75) is 46.1 Å². The molecule has 0 radical (unpaired) electrons. The first-order chi connectivity index (χ1) is 13.3. The molecule has 0 spiro atoms. The van der Waals surface area contributed by atoms with Crippen LogP contribution >= 0.6 is 11.3 Å². The highest BCUT2D eigenvalue weighted by molar-refractivity contribution is 7.17. The third-order valence-corrected chi connectivity index (χ3v) is 5.82. The molecule has 2 amide bonds. The summed E-state index contributed by atoms with van der Waals surface area (Å²) in [6.45, 7) is 6.13. The van der Waals surface area contributed by atoms with E-state index in [2.05, 4.69) is 12.2 Å². The molecule has 0 saturated heterocycles. The van der Waals surface area contributed by atoms with E-state index in [1.165, 1.54) is 17.4 Å². The zero-order valence-corrected chi connectivity index (χ0v) is 17.3.